The van der Waals surface area contributed by atoms with Crippen LogP contribution in [0, 0.1) is 0 Å². The molecule has 0 radical (unpaired) electrons. The zero-order valence-electron chi connectivity index (χ0n) is 10.5. The fourth-order valence-corrected chi connectivity index (χ4v) is 2.03. The van der Waals surface area contributed by atoms with Gasteiger partial charge in [0.1, 0.15) is 24.0 Å². The summed E-state index contributed by atoms with van der Waals surface area (Å²) in [7, 11) is 0. The van der Waals surface area contributed by atoms with E-state index >= 15 is 0 Å². The molecule has 6 N–H and O–H groups in total. The van der Waals surface area contributed by atoms with Gasteiger partial charge in [-0.3, -0.25) is 4.79 Å². The maximum Gasteiger partial charge on any atom is 0.276 e. The Balaban J connectivity index is 2.36. The van der Waals surface area contributed by atoms with E-state index in [1.807, 2.05) is 0 Å². The number of nitrogens with one attached hydrogen (secondary N) is 1. The molecule has 0 spiro atoms. The molecule has 0 amide bonds. The molecule has 1 unspecified atom stereocenters. The molecular formula is C11H16N4O5. The van der Waals surface area contributed by atoms with Crippen molar-refractivity contribution < 1.29 is 20.1 Å². The van der Waals surface area contributed by atoms with Gasteiger partial charge in [-0.1, -0.05) is 6.58 Å². The molecular weight excluding hydrogens is 268 g/mol. The van der Waals surface area contributed by atoms with Crippen LogP contribution in [0.1, 0.15) is 0 Å². The van der Waals surface area contributed by atoms with Gasteiger partial charge < -0.3 is 35.7 Å². The van der Waals surface area contributed by atoms with Crippen LogP contribution in [0.25, 0.3) is 0 Å². The van der Waals surface area contributed by atoms with E-state index < -0.39 is 36.7 Å². The Morgan fingerprint density at radius 2 is 2.25 bits per heavy atom. The first-order valence-electron chi connectivity index (χ1n) is 5.87. The van der Waals surface area contributed by atoms with Crippen LogP contribution >= 0.6 is 0 Å². The monoisotopic (exact) mass is 284 g/mol. The molecule has 1 aliphatic rings. The maximum atomic E-state index is 11.5. The van der Waals surface area contributed by atoms with Gasteiger partial charge in [-0.05, 0) is 0 Å². The Labute approximate surface area is 113 Å². The van der Waals surface area contributed by atoms with Gasteiger partial charge in [0.15, 0.2) is 12.0 Å². The minimum atomic E-state index is -1.31. The van der Waals surface area contributed by atoms with Crippen molar-refractivity contribution >= 4 is 11.5 Å². The Kier molecular flexibility index (Phi) is 4.04. The van der Waals surface area contributed by atoms with E-state index in [1.165, 1.54) is 11.1 Å². The second-order valence-corrected chi connectivity index (χ2v) is 4.29. The molecule has 9 nitrogen and oxygen atoms in total. The molecule has 0 aliphatic carbocycles. The highest BCUT2D eigenvalue weighted by molar-refractivity contribution is 5.62. The number of aliphatic hydroxyl groups excluding tert-OH is 3. The van der Waals surface area contributed by atoms with Crippen LogP contribution in [0.4, 0.5) is 11.5 Å². The molecule has 1 aromatic rings. The Morgan fingerprint density at radius 1 is 1.55 bits per heavy atom. The summed E-state index contributed by atoms with van der Waals surface area (Å²) in [4.78, 5) is 18.9. The van der Waals surface area contributed by atoms with Crippen molar-refractivity contribution in [3.63, 3.8) is 0 Å². The number of hydrogen-bond donors (Lipinski definition) is 5. The summed E-state index contributed by atoms with van der Waals surface area (Å²) in [5, 5.41) is 28.7. The van der Waals surface area contributed by atoms with E-state index in [4.69, 9.17) is 15.6 Å². The third kappa shape index (κ3) is 2.27. The summed E-state index contributed by atoms with van der Waals surface area (Å²) < 4.78 is 5.33. The van der Waals surface area contributed by atoms with Crippen molar-refractivity contribution in [3.8, 4) is 0 Å². The topological polar surface area (TPSA) is 145 Å². The average molecular weight is 284 g/mol. The number of rotatable bonds is 4. The molecule has 0 saturated carbocycles. The fourth-order valence-electron chi connectivity index (χ4n) is 2.03. The van der Waals surface area contributed by atoms with E-state index in [-0.39, 0.29) is 11.5 Å². The summed E-state index contributed by atoms with van der Waals surface area (Å²) >= 11 is 0. The third-order valence-electron chi connectivity index (χ3n) is 3.10. The van der Waals surface area contributed by atoms with Crippen LogP contribution in [-0.2, 0) is 4.74 Å². The van der Waals surface area contributed by atoms with Crippen molar-refractivity contribution in [1.29, 1.82) is 0 Å². The quantitative estimate of drug-likeness (QED) is 0.416. The number of nitrogens with two attached hydrogens (primary N) is 1. The number of H-pyrrole nitrogens is 1. The standard InChI is InChI=1S/C11H16N4O5/c1-2-15(9-6(12)10(19)14-4-13-9)11-8(18)7(17)5(3-16)20-11/h2,4-5,7-8,11,16-18H,1,3,12H2,(H,13,14,19)/t5-,7-,8?,11-/m1/s1. The fraction of sp³-hybridized carbons (Fsp3) is 0.455. The van der Waals surface area contributed by atoms with Crippen LogP contribution in [0.2, 0.25) is 0 Å². The molecule has 2 heterocycles. The number of nitrogen functional groups attached to an aromatic ring is 1. The van der Waals surface area contributed by atoms with Gasteiger partial charge in [0, 0.05) is 6.20 Å². The highest BCUT2D eigenvalue weighted by Crippen LogP contribution is 2.28. The highest BCUT2D eigenvalue weighted by Gasteiger charge is 2.45. The first kappa shape index (κ1) is 14.5. The van der Waals surface area contributed by atoms with Crippen LogP contribution in [-0.4, -0.2) is 56.4 Å². The van der Waals surface area contributed by atoms with E-state index in [1.54, 1.807) is 0 Å². The van der Waals surface area contributed by atoms with Gasteiger partial charge in [-0.25, -0.2) is 4.98 Å². The molecule has 1 aromatic heterocycles. The SMILES string of the molecule is C=CN(c1nc[nH]c(=O)c1N)[C@@H]1O[C@H](CO)[C@@H](O)C1O. The van der Waals surface area contributed by atoms with Gasteiger partial charge in [0.25, 0.3) is 5.56 Å². The first-order valence-corrected chi connectivity index (χ1v) is 5.87. The summed E-state index contributed by atoms with van der Waals surface area (Å²) in [5.74, 6) is 0.0404. The molecule has 1 aliphatic heterocycles. The number of nitrogens with zero attached hydrogens (tertiary/aromatic N) is 2. The maximum absolute atomic E-state index is 11.5. The number of aliphatic hydroxyl groups is 3. The van der Waals surface area contributed by atoms with Gasteiger partial charge in [-0.15, -0.1) is 0 Å². The van der Waals surface area contributed by atoms with Gasteiger partial charge in [0.2, 0.25) is 0 Å². The van der Waals surface area contributed by atoms with E-state index in [0.717, 1.165) is 6.33 Å². The molecule has 0 aromatic carbocycles. The van der Waals surface area contributed by atoms with Crippen molar-refractivity contribution in [2.75, 3.05) is 17.2 Å². The number of aromatic amines is 1. The zero-order valence-corrected chi connectivity index (χ0v) is 10.5. The van der Waals surface area contributed by atoms with E-state index in [0.29, 0.717) is 0 Å². The van der Waals surface area contributed by atoms with Crippen molar-refractivity contribution in [1.82, 2.24) is 9.97 Å². The molecule has 1 fully saturated rings. The summed E-state index contributed by atoms with van der Waals surface area (Å²) in [6.45, 7) is 3.09. The van der Waals surface area contributed by atoms with Crippen LogP contribution < -0.4 is 16.2 Å². The Bertz CT molecular complexity index is 548. The molecule has 0 bridgehead atoms. The second kappa shape index (κ2) is 5.59. The lowest BCUT2D eigenvalue weighted by Crippen LogP contribution is -2.42. The Morgan fingerprint density at radius 3 is 2.80 bits per heavy atom. The normalized spacial score (nSPS) is 29.4. The van der Waals surface area contributed by atoms with Crippen LogP contribution in [0.5, 0.6) is 0 Å². The van der Waals surface area contributed by atoms with Gasteiger partial charge in [0.05, 0.1) is 12.9 Å². The molecule has 9 heteroatoms. The molecule has 2 rings (SSSR count). The highest BCUT2D eigenvalue weighted by atomic mass is 16.6. The largest absolute Gasteiger partial charge is 0.394 e. The smallest absolute Gasteiger partial charge is 0.276 e. The van der Waals surface area contributed by atoms with Crippen molar-refractivity contribution in [3.05, 3.63) is 29.5 Å². The first-order chi connectivity index (χ1) is 9.51. The average Bonchev–Trinajstić information content (AvgIpc) is 2.72. The Hall–Kier alpha value is -1.94. The zero-order chi connectivity index (χ0) is 14.9. The third-order valence-corrected chi connectivity index (χ3v) is 3.10. The molecule has 110 valence electrons. The summed E-state index contributed by atoms with van der Waals surface area (Å²) in [6, 6.07) is 0. The van der Waals surface area contributed by atoms with E-state index in [2.05, 4.69) is 16.5 Å². The summed E-state index contributed by atoms with van der Waals surface area (Å²) in [6.07, 6.45) is -2.18. The molecule has 20 heavy (non-hydrogen) atoms. The molecule has 1 saturated heterocycles. The number of ether oxygens (including phenoxy) is 1. The number of aromatic nitrogens is 2. The lowest BCUT2D eigenvalue weighted by atomic mass is 10.1. The van der Waals surface area contributed by atoms with Crippen LogP contribution in [0.15, 0.2) is 23.9 Å². The van der Waals surface area contributed by atoms with Crippen LogP contribution in [0.3, 0.4) is 0 Å². The summed E-state index contributed by atoms with van der Waals surface area (Å²) in [5.41, 5.74) is 4.91. The number of hydrogen-bond acceptors (Lipinski definition) is 8. The van der Waals surface area contributed by atoms with Gasteiger partial charge in [-0.2, -0.15) is 0 Å². The predicted molar refractivity (Wildman–Crippen MR) is 69.7 cm³/mol. The minimum Gasteiger partial charge on any atom is -0.394 e. The lowest BCUT2D eigenvalue weighted by molar-refractivity contribution is -0.0203. The van der Waals surface area contributed by atoms with Crippen molar-refractivity contribution in [2.24, 2.45) is 0 Å². The van der Waals surface area contributed by atoms with Gasteiger partial charge >= 0.3 is 0 Å². The van der Waals surface area contributed by atoms with Crippen molar-refractivity contribution in [2.45, 2.75) is 24.5 Å². The lowest BCUT2D eigenvalue weighted by Gasteiger charge is -2.28. The minimum absolute atomic E-state index is 0.0404. The number of anilines is 2. The molecule has 4 atom stereocenters. The second-order valence-electron chi connectivity index (χ2n) is 4.29. The van der Waals surface area contributed by atoms with E-state index in [9.17, 15) is 15.0 Å². The predicted octanol–water partition coefficient (Wildman–Crippen LogP) is -2.26.